The molecule has 0 heterocycles. The van der Waals surface area contributed by atoms with Gasteiger partial charge in [0.25, 0.3) is 0 Å². The molecular formula is C17H19ClN2O. The third-order valence-corrected chi connectivity index (χ3v) is 3.83. The van der Waals surface area contributed by atoms with E-state index in [2.05, 4.69) is 5.32 Å². The molecule has 2 atom stereocenters. The molecule has 0 saturated carbocycles. The highest BCUT2D eigenvalue weighted by molar-refractivity contribution is 6.31. The van der Waals surface area contributed by atoms with E-state index in [1.165, 1.54) is 0 Å². The first-order chi connectivity index (χ1) is 9.99. The number of anilines is 1. The third-order valence-electron chi connectivity index (χ3n) is 3.59. The quantitative estimate of drug-likeness (QED) is 0.899. The van der Waals surface area contributed by atoms with Crippen LogP contribution in [0.3, 0.4) is 0 Å². The number of carbonyl (C=O) groups excluding carboxylic acids is 1. The molecule has 110 valence electrons. The van der Waals surface area contributed by atoms with Crippen LogP contribution in [0.4, 0.5) is 5.69 Å². The summed E-state index contributed by atoms with van der Waals surface area (Å²) in [5.74, 6) is -0.456. The zero-order chi connectivity index (χ0) is 15.4. The fourth-order valence-corrected chi connectivity index (χ4v) is 2.27. The van der Waals surface area contributed by atoms with E-state index in [-0.39, 0.29) is 17.9 Å². The lowest BCUT2D eigenvalue weighted by atomic mass is 9.94. The highest BCUT2D eigenvalue weighted by Crippen LogP contribution is 2.24. The van der Waals surface area contributed by atoms with E-state index in [0.29, 0.717) is 5.02 Å². The normalized spacial score (nSPS) is 13.5. The van der Waals surface area contributed by atoms with Gasteiger partial charge in [0.1, 0.15) is 0 Å². The molecule has 0 radical (unpaired) electrons. The highest BCUT2D eigenvalue weighted by atomic mass is 35.5. The minimum absolute atomic E-state index is 0.114. The van der Waals surface area contributed by atoms with Crippen molar-refractivity contribution in [1.29, 1.82) is 0 Å². The fourth-order valence-electron chi connectivity index (χ4n) is 2.10. The van der Waals surface area contributed by atoms with Gasteiger partial charge in [0.15, 0.2) is 0 Å². The number of carbonyl (C=O) groups is 1. The van der Waals surface area contributed by atoms with E-state index in [4.69, 9.17) is 17.3 Å². The van der Waals surface area contributed by atoms with E-state index >= 15 is 0 Å². The largest absolute Gasteiger partial charge is 0.326 e. The second kappa shape index (κ2) is 6.74. The SMILES string of the molecule is Cc1ccc(Cl)cc1NC(=O)C(C)C(N)c1ccccc1. The van der Waals surface area contributed by atoms with E-state index < -0.39 is 0 Å². The zero-order valence-corrected chi connectivity index (χ0v) is 12.9. The van der Waals surface area contributed by atoms with Crippen LogP contribution in [0, 0.1) is 12.8 Å². The van der Waals surface area contributed by atoms with Crippen molar-refractivity contribution in [2.24, 2.45) is 11.7 Å². The molecular weight excluding hydrogens is 284 g/mol. The van der Waals surface area contributed by atoms with Crippen LogP contribution in [0.15, 0.2) is 48.5 Å². The van der Waals surface area contributed by atoms with Gasteiger partial charge in [-0.15, -0.1) is 0 Å². The Balaban J connectivity index is 2.11. The van der Waals surface area contributed by atoms with Gasteiger partial charge in [-0.1, -0.05) is 54.9 Å². The predicted molar refractivity (Wildman–Crippen MR) is 87.4 cm³/mol. The van der Waals surface area contributed by atoms with Gasteiger partial charge < -0.3 is 11.1 Å². The van der Waals surface area contributed by atoms with Crippen LogP contribution < -0.4 is 11.1 Å². The Morgan fingerprint density at radius 1 is 1.19 bits per heavy atom. The van der Waals surface area contributed by atoms with Crippen LogP contribution in [0.25, 0.3) is 0 Å². The smallest absolute Gasteiger partial charge is 0.229 e. The Labute approximate surface area is 130 Å². The molecule has 3 nitrogen and oxygen atoms in total. The maximum absolute atomic E-state index is 12.4. The van der Waals surface area contributed by atoms with Crippen molar-refractivity contribution in [3.8, 4) is 0 Å². The molecule has 0 saturated heterocycles. The van der Waals surface area contributed by atoms with Gasteiger partial charge in [-0.2, -0.15) is 0 Å². The van der Waals surface area contributed by atoms with Crippen LogP contribution in [0.5, 0.6) is 0 Å². The number of nitrogens with two attached hydrogens (primary N) is 1. The van der Waals surface area contributed by atoms with Crippen molar-refractivity contribution in [2.75, 3.05) is 5.32 Å². The Bertz CT molecular complexity index is 628. The van der Waals surface area contributed by atoms with E-state index in [1.807, 2.05) is 50.2 Å². The number of rotatable bonds is 4. The molecule has 0 aliphatic carbocycles. The molecule has 1 amide bonds. The van der Waals surface area contributed by atoms with Crippen LogP contribution in [0.1, 0.15) is 24.1 Å². The number of aryl methyl sites for hydroxylation is 1. The molecule has 2 rings (SSSR count). The van der Waals surface area contributed by atoms with Gasteiger partial charge in [-0.05, 0) is 30.2 Å². The van der Waals surface area contributed by atoms with Gasteiger partial charge in [-0.3, -0.25) is 4.79 Å². The summed E-state index contributed by atoms with van der Waals surface area (Å²) in [4.78, 5) is 12.4. The van der Waals surface area contributed by atoms with Crippen LogP contribution in [0.2, 0.25) is 5.02 Å². The second-order valence-electron chi connectivity index (χ2n) is 5.17. The number of hydrogen-bond donors (Lipinski definition) is 2. The number of benzene rings is 2. The Morgan fingerprint density at radius 2 is 1.86 bits per heavy atom. The highest BCUT2D eigenvalue weighted by Gasteiger charge is 2.22. The molecule has 0 aliphatic rings. The van der Waals surface area contributed by atoms with E-state index in [1.54, 1.807) is 12.1 Å². The van der Waals surface area contributed by atoms with Crippen molar-refractivity contribution in [2.45, 2.75) is 19.9 Å². The van der Waals surface area contributed by atoms with Gasteiger partial charge in [0, 0.05) is 16.8 Å². The third kappa shape index (κ3) is 3.84. The minimum atomic E-state index is -0.342. The average Bonchev–Trinajstić information content (AvgIpc) is 2.50. The summed E-state index contributed by atoms with van der Waals surface area (Å²) in [6.07, 6.45) is 0. The summed E-state index contributed by atoms with van der Waals surface area (Å²) < 4.78 is 0. The van der Waals surface area contributed by atoms with Crippen molar-refractivity contribution in [1.82, 2.24) is 0 Å². The van der Waals surface area contributed by atoms with Crippen molar-refractivity contribution < 1.29 is 4.79 Å². The van der Waals surface area contributed by atoms with Gasteiger partial charge in [-0.25, -0.2) is 0 Å². The van der Waals surface area contributed by atoms with Gasteiger partial charge in [0.2, 0.25) is 5.91 Å². The van der Waals surface area contributed by atoms with Crippen molar-refractivity contribution in [3.63, 3.8) is 0 Å². The summed E-state index contributed by atoms with van der Waals surface area (Å²) in [7, 11) is 0. The molecule has 0 aromatic heterocycles. The molecule has 0 fully saturated rings. The lowest BCUT2D eigenvalue weighted by Gasteiger charge is -2.20. The second-order valence-corrected chi connectivity index (χ2v) is 5.61. The maximum atomic E-state index is 12.4. The number of halogens is 1. The summed E-state index contributed by atoms with van der Waals surface area (Å²) >= 11 is 5.96. The molecule has 0 spiro atoms. The molecule has 2 unspecified atom stereocenters. The summed E-state index contributed by atoms with van der Waals surface area (Å²) in [6, 6.07) is 14.7. The lowest BCUT2D eigenvalue weighted by Crippen LogP contribution is -2.30. The summed E-state index contributed by atoms with van der Waals surface area (Å²) in [5.41, 5.74) is 8.81. The number of amides is 1. The monoisotopic (exact) mass is 302 g/mol. The van der Waals surface area contributed by atoms with E-state index in [9.17, 15) is 4.79 Å². The van der Waals surface area contributed by atoms with Crippen LogP contribution in [-0.4, -0.2) is 5.91 Å². The van der Waals surface area contributed by atoms with Crippen molar-refractivity contribution in [3.05, 3.63) is 64.7 Å². The molecule has 2 aromatic rings. The first kappa shape index (κ1) is 15.5. The predicted octanol–water partition coefficient (Wildman–Crippen LogP) is 3.92. The first-order valence-electron chi connectivity index (χ1n) is 6.86. The van der Waals surface area contributed by atoms with Gasteiger partial charge >= 0.3 is 0 Å². The standard InChI is InChI=1S/C17H19ClN2O/c1-11-8-9-14(18)10-15(11)20-17(21)12(2)16(19)13-6-4-3-5-7-13/h3-10,12,16H,19H2,1-2H3,(H,20,21). The molecule has 4 heteroatoms. The van der Waals surface area contributed by atoms with Crippen LogP contribution >= 0.6 is 11.6 Å². The zero-order valence-electron chi connectivity index (χ0n) is 12.1. The van der Waals surface area contributed by atoms with E-state index in [0.717, 1.165) is 16.8 Å². The molecule has 2 aromatic carbocycles. The molecule has 21 heavy (non-hydrogen) atoms. The Morgan fingerprint density at radius 3 is 2.52 bits per heavy atom. The fraction of sp³-hybridized carbons (Fsp3) is 0.235. The number of hydrogen-bond acceptors (Lipinski definition) is 2. The maximum Gasteiger partial charge on any atom is 0.229 e. The van der Waals surface area contributed by atoms with Crippen LogP contribution in [-0.2, 0) is 4.79 Å². The first-order valence-corrected chi connectivity index (χ1v) is 7.24. The Hall–Kier alpha value is -1.84. The summed E-state index contributed by atoms with van der Waals surface area (Å²) in [6.45, 7) is 3.75. The van der Waals surface area contributed by atoms with Crippen molar-refractivity contribution >= 4 is 23.2 Å². The molecule has 3 N–H and O–H groups in total. The average molecular weight is 303 g/mol. The molecule has 0 aliphatic heterocycles. The molecule has 0 bridgehead atoms. The topological polar surface area (TPSA) is 55.1 Å². The minimum Gasteiger partial charge on any atom is -0.326 e. The van der Waals surface area contributed by atoms with Gasteiger partial charge in [0.05, 0.1) is 5.92 Å². The Kier molecular flexibility index (Phi) is 4.99. The summed E-state index contributed by atoms with van der Waals surface area (Å²) in [5, 5.41) is 3.49. The lowest BCUT2D eigenvalue weighted by molar-refractivity contribution is -0.120. The number of nitrogens with one attached hydrogen (secondary N) is 1.